The number of hydrogen-bond donors (Lipinski definition) is 0. The lowest BCUT2D eigenvalue weighted by Gasteiger charge is -2.39. The van der Waals surface area contributed by atoms with E-state index in [4.69, 9.17) is 0 Å². The summed E-state index contributed by atoms with van der Waals surface area (Å²) in [5.41, 5.74) is -0.596. The molecule has 1 saturated heterocycles. The summed E-state index contributed by atoms with van der Waals surface area (Å²) in [7, 11) is 0. The number of rotatable bonds is 1. The summed E-state index contributed by atoms with van der Waals surface area (Å²) < 4.78 is 38.8. The van der Waals surface area contributed by atoms with Gasteiger partial charge < -0.3 is 4.90 Å². The number of piperidine rings is 1. The molecule has 0 aliphatic carbocycles. The van der Waals surface area contributed by atoms with Gasteiger partial charge in [-0.05, 0) is 30.4 Å². The van der Waals surface area contributed by atoms with Crippen molar-refractivity contribution in [3.63, 3.8) is 0 Å². The molecule has 0 saturated carbocycles. The van der Waals surface area contributed by atoms with E-state index in [0.29, 0.717) is 13.1 Å². The summed E-state index contributed by atoms with van der Waals surface area (Å²) in [6.07, 6.45) is -0.976. The fraction of sp³-hybridized carbons (Fsp3) is 0.615. The van der Waals surface area contributed by atoms with Crippen molar-refractivity contribution in [2.24, 2.45) is 5.41 Å². The second kappa shape index (κ2) is 4.44. The van der Waals surface area contributed by atoms with Crippen LogP contribution in [0.5, 0.6) is 0 Å². The molecule has 2 rings (SSSR count). The predicted molar refractivity (Wildman–Crippen MR) is 64.5 cm³/mol. The summed E-state index contributed by atoms with van der Waals surface area (Å²) in [6, 6.07) is 2.44. The monoisotopic (exact) mass is 258 g/mol. The van der Waals surface area contributed by atoms with E-state index in [2.05, 4.69) is 18.8 Å². The van der Waals surface area contributed by atoms with Gasteiger partial charge in [-0.25, -0.2) is 4.98 Å². The number of nitrogens with zero attached hydrogens (tertiary/aromatic N) is 2. The van der Waals surface area contributed by atoms with E-state index in [9.17, 15) is 13.2 Å². The van der Waals surface area contributed by atoms with Crippen molar-refractivity contribution < 1.29 is 13.2 Å². The SMILES string of the molecule is CC1(C)CCCN(c2ncccc2C(F)(F)F)C1. The van der Waals surface area contributed by atoms with Crippen LogP contribution in [-0.2, 0) is 6.18 Å². The number of anilines is 1. The smallest absolute Gasteiger partial charge is 0.356 e. The van der Waals surface area contributed by atoms with Crippen LogP contribution < -0.4 is 4.90 Å². The first kappa shape index (κ1) is 13.2. The first-order chi connectivity index (χ1) is 8.30. The minimum Gasteiger partial charge on any atom is -0.356 e. The Labute approximate surface area is 105 Å². The maximum Gasteiger partial charge on any atom is 0.419 e. The standard InChI is InChI=1S/C13H17F3N2/c1-12(2)6-4-8-18(9-12)11-10(13(14,15)16)5-3-7-17-11/h3,5,7H,4,6,8-9H2,1-2H3. The van der Waals surface area contributed by atoms with Gasteiger partial charge in [-0.15, -0.1) is 0 Å². The number of halogens is 3. The summed E-state index contributed by atoms with van der Waals surface area (Å²) in [4.78, 5) is 5.70. The van der Waals surface area contributed by atoms with E-state index in [1.807, 2.05) is 0 Å². The largest absolute Gasteiger partial charge is 0.419 e. The van der Waals surface area contributed by atoms with E-state index in [1.54, 1.807) is 4.90 Å². The average Bonchev–Trinajstić information content (AvgIpc) is 2.26. The first-order valence-electron chi connectivity index (χ1n) is 6.07. The van der Waals surface area contributed by atoms with Gasteiger partial charge in [0.2, 0.25) is 0 Å². The van der Waals surface area contributed by atoms with E-state index in [0.717, 1.165) is 18.9 Å². The molecular formula is C13H17F3N2. The third kappa shape index (κ3) is 2.76. The Morgan fingerprint density at radius 3 is 2.67 bits per heavy atom. The van der Waals surface area contributed by atoms with Crippen molar-refractivity contribution in [2.45, 2.75) is 32.9 Å². The van der Waals surface area contributed by atoms with Gasteiger partial charge in [0.15, 0.2) is 0 Å². The van der Waals surface area contributed by atoms with Crippen LogP contribution in [0.2, 0.25) is 0 Å². The number of hydrogen-bond acceptors (Lipinski definition) is 2. The highest BCUT2D eigenvalue weighted by Crippen LogP contribution is 2.38. The zero-order valence-corrected chi connectivity index (χ0v) is 10.6. The van der Waals surface area contributed by atoms with Gasteiger partial charge in [0.1, 0.15) is 5.82 Å². The number of alkyl halides is 3. The molecule has 0 unspecified atom stereocenters. The quantitative estimate of drug-likeness (QED) is 0.763. The molecule has 0 spiro atoms. The molecule has 1 aliphatic heterocycles. The fourth-order valence-electron chi connectivity index (χ4n) is 2.47. The highest BCUT2D eigenvalue weighted by atomic mass is 19.4. The van der Waals surface area contributed by atoms with Crippen LogP contribution in [0.15, 0.2) is 18.3 Å². The van der Waals surface area contributed by atoms with Crippen molar-refractivity contribution in [1.29, 1.82) is 0 Å². The number of pyridine rings is 1. The van der Waals surface area contributed by atoms with Crippen molar-refractivity contribution in [3.05, 3.63) is 23.9 Å². The fourth-order valence-corrected chi connectivity index (χ4v) is 2.47. The van der Waals surface area contributed by atoms with Gasteiger partial charge in [-0.3, -0.25) is 0 Å². The molecule has 1 aliphatic rings. The molecular weight excluding hydrogens is 241 g/mol. The lowest BCUT2D eigenvalue weighted by Crippen LogP contribution is -2.41. The normalized spacial score (nSPS) is 19.9. The van der Waals surface area contributed by atoms with Crippen molar-refractivity contribution in [1.82, 2.24) is 4.98 Å². The molecule has 1 fully saturated rings. The molecule has 100 valence electrons. The molecule has 1 aromatic heterocycles. The Bertz CT molecular complexity index is 426. The maximum atomic E-state index is 12.9. The van der Waals surface area contributed by atoms with Crippen molar-refractivity contribution in [3.8, 4) is 0 Å². The van der Waals surface area contributed by atoms with Gasteiger partial charge in [0.25, 0.3) is 0 Å². The Hall–Kier alpha value is -1.26. The lowest BCUT2D eigenvalue weighted by atomic mass is 9.84. The van der Waals surface area contributed by atoms with Crippen LogP contribution in [0, 0.1) is 5.41 Å². The Kier molecular flexibility index (Phi) is 3.25. The second-order valence-electron chi connectivity index (χ2n) is 5.56. The highest BCUT2D eigenvalue weighted by Gasteiger charge is 2.37. The molecule has 18 heavy (non-hydrogen) atoms. The summed E-state index contributed by atoms with van der Waals surface area (Å²) in [6.45, 7) is 5.42. The van der Waals surface area contributed by atoms with E-state index >= 15 is 0 Å². The summed E-state index contributed by atoms with van der Waals surface area (Å²) in [5.74, 6) is 0.0674. The van der Waals surface area contributed by atoms with Gasteiger partial charge in [-0.1, -0.05) is 13.8 Å². The van der Waals surface area contributed by atoms with E-state index in [1.165, 1.54) is 12.3 Å². The van der Waals surface area contributed by atoms with Crippen LogP contribution in [0.4, 0.5) is 19.0 Å². The molecule has 2 heterocycles. The zero-order chi connectivity index (χ0) is 13.4. The molecule has 0 atom stereocenters. The maximum absolute atomic E-state index is 12.9. The van der Waals surface area contributed by atoms with Crippen LogP contribution >= 0.6 is 0 Å². The Balaban J connectivity index is 2.33. The minimum absolute atomic E-state index is 0.0403. The van der Waals surface area contributed by atoms with E-state index in [-0.39, 0.29) is 11.2 Å². The van der Waals surface area contributed by atoms with Crippen LogP contribution in [-0.4, -0.2) is 18.1 Å². The van der Waals surface area contributed by atoms with Crippen molar-refractivity contribution in [2.75, 3.05) is 18.0 Å². The van der Waals surface area contributed by atoms with E-state index < -0.39 is 11.7 Å². The molecule has 2 nitrogen and oxygen atoms in total. The minimum atomic E-state index is -4.34. The average molecular weight is 258 g/mol. The summed E-state index contributed by atoms with van der Waals surface area (Å²) in [5, 5.41) is 0. The molecule has 0 aromatic carbocycles. The second-order valence-corrected chi connectivity index (χ2v) is 5.56. The molecule has 0 bridgehead atoms. The van der Waals surface area contributed by atoms with Crippen LogP contribution in [0.25, 0.3) is 0 Å². The molecule has 1 aromatic rings. The van der Waals surface area contributed by atoms with Gasteiger partial charge in [-0.2, -0.15) is 13.2 Å². The third-order valence-electron chi connectivity index (χ3n) is 3.29. The zero-order valence-electron chi connectivity index (χ0n) is 10.6. The molecule has 5 heteroatoms. The number of aromatic nitrogens is 1. The third-order valence-corrected chi connectivity index (χ3v) is 3.29. The predicted octanol–water partition coefficient (Wildman–Crippen LogP) is 3.73. The topological polar surface area (TPSA) is 16.1 Å². The summed E-state index contributed by atoms with van der Waals surface area (Å²) >= 11 is 0. The van der Waals surface area contributed by atoms with Gasteiger partial charge >= 0.3 is 6.18 Å². The molecule has 0 amide bonds. The first-order valence-corrected chi connectivity index (χ1v) is 6.07. The van der Waals surface area contributed by atoms with Crippen LogP contribution in [0.1, 0.15) is 32.3 Å². The molecule has 0 radical (unpaired) electrons. The Morgan fingerprint density at radius 2 is 2.06 bits per heavy atom. The van der Waals surface area contributed by atoms with Crippen molar-refractivity contribution >= 4 is 5.82 Å². The van der Waals surface area contributed by atoms with Gasteiger partial charge in [0.05, 0.1) is 5.56 Å². The van der Waals surface area contributed by atoms with Gasteiger partial charge in [0, 0.05) is 19.3 Å². The van der Waals surface area contributed by atoms with Crippen LogP contribution in [0.3, 0.4) is 0 Å². The molecule has 0 N–H and O–H groups in total. The Morgan fingerprint density at radius 1 is 1.33 bits per heavy atom. The lowest BCUT2D eigenvalue weighted by molar-refractivity contribution is -0.137. The highest BCUT2D eigenvalue weighted by molar-refractivity contribution is 5.49.